The van der Waals surface area contributed by atoms with Gasteiger partial charge in [0, 0.05) is 4.47 Å². The van der Waals surface area contributed by atoms with Crippen LogP contribution in [0.1, 0.15) is 25.8 Å². The third-order valence-electron chi connectivity index (χ3n) is 2.51. The number of hydrogen-bond acceptors (Lipinski definition) is 1. The van der Waals surface area contributed by atoms with Gasteiger partial charge in [-0.25, -0.2) is 4.39 Å². The fourth-order valence-corrected chi connectivity index (χ4v) is 2.37. The lowest BCUT2D eigenvalue weighted by Gasteiger charge is -2.14. The summed E-state index contributed by atoms with van der Waals surface area (Å²) in [4.78, 5) is 11.1. The van der Waals surface area contributed by atoms with Crippen LogP contribution in [0.3, 0.4) is 0 Å². The average molecular weight is 303 g/mol. The second-order valence-electron chi connectivity index (χ2n) is 4.65. The first-order valence-corrected chi connectivity index (χ1v) is 6.35. The van der Waals surface area contributed by atoms with Crippen LogP contribution in [0.4, 0.5) is 4.39 Å². The van der Waals surface area contributed by atoms with Crippen LogP contribution in [-0.4, -0.2) is 11.1 Å². The summed E-state index contributed by atoms with van der Waals surface area (Å²) in [5.74, 6) is -1.31. The maximum absolute atomic E-state index is 13.2. The molecule has 1 aromatic carbocycles. The van der Waals surface area contributed by atoms with Crippen molar-refractivity contribution in [3.05, 3.63) is 34.1 Å². The van der Waals surface area contributed by atoms with Gasteiger partial charge in [-0.2, -0.15) is 0 Å². The van der Waals surface area contributed by atoms with E-state index >= 15 is 0 Å². The summed E-state index contributed by atoms with van der Waals surface area (Å²) >= 11 is 3.20. The quantitative estimate of drug-likeness (QED) is 0.896. The zero-order chi connectivity index (χ0) is 13.0. The van der Waals surface area contributed by atoms with Crippen molar-refractivity contribution in [1.82, 2.24) is 0 Å². The molecule has 4 heteroatoms. The number of hydrogen-bond donors (Lipinski definition) is 1. The first-order chi connectivity index (χ1) is 7.88. The fraction of sp³-hybridized carbons (Fsp3) is 0.462. The van der Waals surface area contributed by atoms with Gasteiger partial charge in [0.1, 0.15) is 5.82 Å². The molecule has 0 aliphatic carbocycles. The zero-order valence-corrected chi connectivity index (χ0v) is 11.5. The summed E-state index contributed by atoms with van der Waals surface area (Å²) in [5, 5.41) is 9.12. The summed E-state index contributed by atoms with van der Waals surface area (Å²) in [5.41, 5.74) is 0.713. The Morgan fingerprint density at radius 2 is 2.06 bits per heavy atom. The smallest absolute Gasteiger partial charge is 0.306 e. The van der Waals surface area contributed by atoms with Crippen LogP contribution in [0, 0.1) is 17.7 Å². The van der Waals surface area contributed by atoms with E-state index in [1.54, 1.807) is 6.07 Å². The Kier molecular flexibility index (Phi) is 5.12. The van der Waals surface area contributed by atoms with Gasteiger partial charge in [0.25, 0.3) is 0 Å². The van der Waals surface area contributed by atoms with E-state index in [0.29, 0.717) is 28.8 Å². The van der Waals surface area contributed by atoms with E-state index in [9.17, 15) is 9.18 Å². The monoisotopic (exact) mass is 302 g/mol. The molecule has 0 spiro atoms. The number of aliphatic carboxylic acids is 1. The molecule has 1 aromatic rings. The maximum atomic E-state index is 13.2. The van der Waals surface area contributed by atoms with Crippen LogP contribution in [0.15, 0.2) is 22.7 Å². The minimum absolute atomic E-state index is 0.313. The highest BCUT2D eigenvalue weighted by atomic mass is 79.9. The molecule has 0 aliphatic rings. The topological polar surface area (TPSA) is 37.3 Å². The molecular formula is C13H16BrFO2. The molecule has 0 heterocycles. The number of carbonyl (C=O) groups is 1. The molecule has 0 saturated carbocycles. The highest BCUT2D eigenvalue weighted by Crippen LogP contribution is 2.21. The van der Waals surface area contributed by atoms with Crippen molar-refractivity contribution in [2.24, 2.45) is 11.8 Å². The lowest BCUT2D eigenvalue weighted by Crippen LogP contribution is -2.18. The molecule has 0 aromatic heterocycles. The Morgan fingerprint density at radius 3 is 2.53 bits per heavy atom. The van der Waals surface area contributed by atoms with E-state index in [1.807, 2.05) is 13.8 Å². The average Bonchev–Trinajstić information content (AvgIpc) is 2.13. The molecule has 1 atom stereocenters. The van der Waals surface area contributed by atoms with Crippen LogP contribution in [-0.2, 0) is 11.2 Å². The number of rotatable bonds is 5. The highest BCUT2D eigenvalue weighted by molar-refractivity contribution is 9.10. The predicted octanol–water partition coefficient (Wildman–Crippen LogP) is 3.88. The Bertz CT molecular complexity index is 384. The number of halogens is 2. The SMILES string of the molecule is CC(C)CC(Cc1cc(F)cc(Br)c1)C(=O)O. The van der Waals surface area contributed by atoms with E-state index in [2.05, 4.69) is 15.9 Å². The van der Waals surface area contributed by atoms with E-state index in [4.69, 9.17) is 5.11 Å². The summed E-state index contributed by atoms with van der Waals surface area (Å²) in [6.45, 7) is 3.97. The Morgan fingerprint density at radius 1 is 1.41 bits per heavy atom. The van der Waals surface area contributed by atoms with Crippen molar-refractivity contribution >= 4 is 21.9 Å². The van der Waals surface area contributed by atoms with Gasteiger partial charge < -0.3 is 5.11 Å². The minimum Gasteiger partial charge on any atom is -0.481 e. The standard InChI is InChI=1S/C13H16BrFO2/c1-8(2)3-10(13(16)17)4-9-5-11(14)7-12(15)6-9/h5-8,10H,3-4H2,1-2H3,(H,16,17). The van der Waals surface area contributed by atoms with Gasteiger partial charge in [0.15, 0.2) is 0 Å². The summed E-state index contributed by atoms with van der Waals surface area (Å²) < 4.78 is 13.8. The molecule has 1 unspecified atom stereocenters. The Hall–Kier alpha value is -0.900. The molecule has 0 aliphatic heterocycles. The first-order valence-electron chi connectivity index (χ1n) is 5.56. The van der Waals surface area contributed by atoms with Crippen LogP contribution in [0.25, 0.3) is 0 Å². The lowest BCUT2D eigenvalue weighted by molar-refractivity contribution is -0.142. The Balaban J connectivity index is 2.82. The molecule has 17 heavy (non-hydrogen) atoms. The molecule has 0 fully saturated rings. The van der Waals surface area contributed by atoms with Crippen molar-refractivity contribution in [1.29, 1.82) is 0 Å². The van der Waals surface area contributed by atoms with Crippen molar-refractivity contribution in [3.8, 4) is 0 Å². The first kappa shape index (κ1) is 14.2. The minimum atomic E-state index is -0.820. The van der Waals surface area contributed by atoms with Gasteiger partial charge in [-0.1, -0.05) is 29.8 Å². The normalized spacial score (nSPS) is 12.8. The van der Waals surface area contributed by atoms with Gasteiger partial charge in [-0.15, -0.1) is 0 Å². The van der Waals surface area contributed by atoms with Crippen molar-refractivity contribution in [3.63, 3.8) is 0 Å². The van der Waals surface area contributed by atoms with Crippen LogP contribution in [0.5, 0.6) is 0 Å². The predicted molar refractivity (Wildman–Crippen MR) is 68.4 cm³/mol. The van der Waals surface area contributed by atoms with Crippen LogP contribution >= 0.6 is 15.9 Å². The molecule has 1 N–H and O–H groups in total. The largest absolute Gasteiger partial charge is 0.481 e. The fourth-order valence-electron chi connectivity index (χ4n) is 1.85. The van der Waals surface area contributed by atoms with Gasteiger partial charge in [0.2, 0.25) is 0 Å². The summed E-state index contributed by atoms with van der Waals surface area (Å²) in [7, 11) is 0. The molecular weight excluding hydrogens is 287 g/mol. The van der Waals surface area contributed by atoms with Gasteiger partial charge >= 0.3 is 5.97 Å². The second-order valence-corrected chi connectivity index (χ2v) is 5.56. The van der Waals surface area contributed by atoms with E-state index in [-0.39, 0.29) is 5.82 Å². The molecule has 0 saturated heterocycles. The molecule has 2 nitrogen and oxygen atoms in total. The Labute approximate surface area is 109 Å². The number of carboxylic acid groups (broad SMARTS) is 1. The molecule has 1 rings (SSSR count). The van der Waals surface area contributed by atoms with E-state index in [0.717, 1.165) is 0 Å². The summed E-state index contributed by atoms with van der Waals surface area (Å²) in [6.07, 6.45) is 0.966. The van der Waals surface area contributed by atoms with Gasteiger partial charge in [-0.3, -0.25) is 4.79 Å². The van der Waals surface area contributed by atoms with Crippen LogP contribution < -0.4 is 0 Å². The summed E-state index contributed by atoms with van der Waals surface area (Å²) in [6, 6.07) is 4.52. The highest BCUT2D eigenvalue weighted by Gasteiger charge is 2.19. The van der Waals surface area contributed by atoms with Crippen molar-refractivity contribution in [2.75, 3.05) is 0 Å². The van der Waals surface area contributed by atoms with E-state index in [1.165, 1.54) is 12.1 Å². The van der Waals surface area contributed by atoms with Gasteiger partial charge in [-0.05, 0) is 42.5 Å². The maximum Gasteiger partial charge on any atom is 0.306 e. The van der Waals surface area contributed by atoms with Crippen molar-refractivity contribution in [2.45, 2.75) is 26.7 Å². The van der Waals surface area contributed by atoms with Gasteiger partial charge in [0.05, 0.1) is 5.92 Å². The number of benzene rings is 1. The third kappa shape index (κ3) is 4.86. The zero-order valence-electron chi connectivity index (χ0n) is 9.91. The molecule has 0 radical (unpaired) electrons. The van der Waals surface area contributed by atoms with Crippen LogP contribution in [0.2, 0.25) is 0 Å². The molecule has 0 amide bonds. The van der Waals surface area contributed by atoms with E-state index < -0.39 is 11.9 Å². The molecule has 0 bridgehead atoms. The third-order valence-corrected chi connectivity index (χ3v) is 2.97. The van der Waals surface area contributed by atoms with Crippen molar-refractivity contribution < 1.29 is 14.3 Å². The molecule has 94 valence electrons. The second kappa shape index (κ2) is 6.15. The number of carboxylic acids is 1. The lowest BCUT2D eigenvalue weighted by atomic mass is 9.91.